The Labute approximate surface area is 75.0 Å². The molecule has 0 fully saturated rings. The van der Waals surface area contributed by atoms with Crippen LogP contribution in [0.3, 0.4) is 0 Å². The second-order valence-corrected chi connectivity index (χ2v) is 2.33. The molecule has 0 bridgehead atoms. The molecule has 13 heavy (non-hydrogen) atoms. The predicted octanol–water partition coefficient (Wildman–Crippen LogP) is 0.962. The zero-order valence-corrected chi connectivity index (χ0v) is 6.88. The summed E-state index contributed by atoms with van der Waals surface area (Å²) >= 11 is 0. The Bertz CT molecular complexity index is 336. The number of pyridine rings is 1. The van der Waals surface area contributed by atoms with Crippen LogP contribution >= 0.6 is 0 Å². The Morgan fingerprint density at radius 3 is 3.08 bits per heavy atom. The van der Waals surface area contributed by atoms with E-state index in [1.807, 2.05) is 0 Å². The van der Waals surface area contributed by atoms with Gasteiger partial charge in [-0.15, -0.1) is 0 Å². The van der Waals surface area contributed by atoms with Crippen LogP contribution in [0.2, 0.25) is 0 Å². The molecule has 0 unspecified atom stereocenters. The lowest BCUT2D eigenvalue weighted by Crippen LogP contribution is -1.93. The van der Waals surface area contributed by atoms with Crippen molar-refractivity contribution >= 4 is 11.8 Å². The summed E-state index contributed by atoms with van der Waals surface area (Å²) in [5, 5.41) is 10.4. The highest BCUT2D eigenvalue weighted by atomic mass is 16.6. The van der Waals surface area contributed by atoms with Gasteiger partial charge < -0.3 is 5.73 Å². The van der Waals surface area contributed by atoms with Crippen molar-refractivity contribution < 1.29 is 4.92 Å². The van der Waals surface area contributed by atoms with Crippen molar-refractivity contribution in [1.29, 1.82) is 0 Å². The predicted molar refractivity (Wildman–Crippen MR) is 49.0 cm³/mol. The molecule has 5 heteroatoms. The van der Waals surface area contributed by atoms with Gasteiger partial charge >= 0.3 is 0 Å². The third-order valence-corrected chi connectivity index (χ3v) is 1.40. The van der Waals surface area contributed by atoms with Gasteiger partial charge in [-0.1, -0.05) is 6.08 Å². The van der Waals surface area contributed by atoms with E-state index in [2.05, 4.69) is 4.98 Å². The zero-order valence-electron chi connectivity index (χ0n) is 6.88. The van der Waals surface area contributed by atoms with Gasteiger partial charge in [-0.2, -0.15) is 0 Å². The highest BCUT2D eigenvalue weighted by Gasteiger charge is 2.03. The van der Waals surface area contributed by atoms with E-state index in [-0.39, 0.29) is 5.69 Å². The van der Waals surface area contributed by atoms with Gasteiger partial charge in [-0.3, -0.25) is 15.1 Å². The minimum absolute atomic E-state index is 0.0340. The normalized spacial score (nSPS) is 10.5. The maximum absolute atomic E-state index is 10.4. The average Bonchev–Trinajstić information content (AvgIpc) is 2.15. The number of hydrogen-bond donors (Lipinski definition) is 1. The van der Waals surface area contributed by atoms with Crippen LogP contribution in [0.5, 0.6) is 0 Å². The van der Waals surface area contributed by atoms with E-state index in [4.69, 9.17) is 5.73 Å². The molecule has 2 N–H and O–H groups in total. The molecule has 1 heterocycles. The summed E-state index contributed by atoms with van der Waals surface area (Å²) < 4.78 is 0. The van der Waals surface area contributed by atoms with Crippen LogP contribution in [0.25, 0.3) is 6.08 Å². The van der Waals surface area contributed by atoms with Crippen LogP contribution in [-0.4, -0.2) is 16.5 Å². The molecule has 0 amide bonds. The van der Waals surface area contributed by atoms with Crippen LogP contribution in [0, 0.1) is 10.1 Å². The number of nitro groups is 1. The van der Waals surface area contributed by atoms with Crippen molar-refractivity contribution in [3.05, 3.63) is 40.2 Å². The monoisotopic (exact) mass is 179 g/mol. The molecule has 0 aliphatic heterocycles. The lowest BCUT2D eigenvalue weighted by Gasteiger charge is -1.92. The van der Waals surface area contributed by atoms with Gasteiger partial charge in [-0.05, 0) is 6.08 Å². The van der Waals surface area contributed by atoms with E-state index in [0.29, 0.717) is 12.2 Å². The van der Waals surface area contributed by atoms with E-state index >= 15 is 0 Å². The number of nitrogens with zero attached hydrogens (tertiary/aromatic N) is 2. The third-order valence-electron chi connectivity index (χ3n) is 1.40. The second-order valence-electron chi connectivity index (χ2n) is 2.33. The lowest BCUT2D eigenvalue weighted by atomic mass is 10.3. The van der Waals surface area contributed by atoms with Crippen molar-refractivity contribution in [1.82, 2.24) is 4.98 Å². The summed E-state index contributed by atoms with van der Waals surface area (Å²) in [4.78, 5) is 13.8. The van der Waals surface area contributed by atoms with Gasteiger partial charge in [0.2, 0.25) is 0 Å². The smallest absolute Gasteiger partial charge is 0.273 e. The van der Waals surface area contributed by atoms with Crippen molar-refractivity contribution in [3.63, 3.8) is 0 Å². The largest absolute Gasteiger partial charge is 0.327 e. The minimum Gasteiger partial charge on any atom is -0.327 e. The molecular weight excluding hydrogens is 170 g/mol. The fourth-order valence-electron chi connectivity index (χ4n) is 0.830. The Morgan fingerprint density at radius 1 is 1.69 bits per heavy atom. The van der Waals surface area contributed by atoms with E-state index < -0.39 is 4.92 Å². The van der Waals surface area contributed by atoms with Crippen LogP contribution in [0.1, 0.15) is 5.69 Å². The second kappa shape index (κ2) is 4.32. The van der Waals surface area contributed by atoms with Crippen LogP contribution in [-0.2, 0) is 0 Å². The van der Waals surface area contributed by atoms with Crippen molar-refractivity contribution in [2.45, 2.75) is 0 Å². The molecule has 0 aromatic carbocycles. The summed E-state index contributed by atoms with van der Waals surface area (Å²) in [5.41, 5.74) is 5.80. The fourth-order valence-corrected chi connectivity index (χ4v) is 0.830. The van der Waals surface area contributed by atoms with Gasteiger partial charge in [0.05, 0.1) is 10.6 Å². The number of aromatic nitrogens is 1. The minimum atomic E-state index is -0.457. The van der Waals surface area contributed by atoms with Gasteiger partial charge in [0.25, 0.3) is 5.69 Å². The number of nitrogens with two attached hydrogens (primary N) is 1. The molecule has 0 spiro atoms. The van der Waals surface area contributed by atoms with Crippen LogP contribution in [0.15, 0.2) is 24.4 Å². The summed E-state index contributed by atoms with van der Waals surface area (Å²) in [5.74, 6) is 0. The molecule has 5 nitrogen and oxygen atoms in total. The average molecular weight is 179 g/mol. The number of hydrogen-bond acceptors (Lipinski definition) is 4. The molecule has 0 saturated heterocycles. The highest BCUT2D eigenvalue weighted by molar-refractivity contribution is 5.48. The number of rotatable bonds is 3. The van der Waals surface area contributed by atoms with E-state index in [1.165, 1.54) is 18.3 Å². The lowest BCUT2D eigenvalue weighted by molar-refractivity contribution is -0.384. The van der Waals surface area contributed by atoms with Gasteiger partial charge in [0.15, 0.2) is 0 Å². The Morgan fingerprint density at radius 2 is 2.46 bits per heavy atom. The van der Waals surface area contributed by atoms with Gasteiger partial charge in [0, 0.05) is 24.9 Å². The SMILES string of the molecule is NCC=Cc1cc([N+](=O)[O-])ccn1. The molecule has 1 aromatic heterocycles. The topological polar surface area (TPSA) is 82.0 Å². The summed E-state index contributed by atoms with van der Waals surface area (Å²) in [6.45, 7) is 0.393. The highest BCUT2D eigenvalue weighted by Crippen LogP contribution is 2.11. The zero-order chi connectivity index (χ0) is 9.68. The first-order chi connectivity index (χ1) is 6.24. The van der Waals surface area contributed by atoms with Crippen molar-refractivity contribution in [2.75, 3.05) is 6.54 Å². The summed E-state index contributed by atoms with van der Waals surface area (Å²) in [6, 6.07) is 2.74. The van der Waals surface area contributed by atoms with Gasteiger partial charge in [0.1, 0.15) is 0 Å². The third kappa shape index (κ3) is 2.64. The van der Waals surface area contributed by atoms with E-state index in [1.54, 1.807) is 12.2 Å². The summed E-state index contributed by atoms with van der Waals surface area (Å²) in [6.07, 6.45) is 4.73. The molecule has 0 aliphatic carbocycles. The fraction of sp³-hybridized carbons (Fsp3) is 0.125. The molecule has 0 radical (unpaired) electrons. The molecule has 0 saturated carbocycles. The Kier molecular flexibility index (Phi) is 3.10. The first kappa shape index (κ1) is 9.34. The van der Waals surface area contributed by atoms with Crippen LogP contribution in [0.4, 0.5) is 5.69 Å². The van der Waals surface area contributed by atoms with E-state index in [9.17, 15) is 10.1 Å². The molecule has 0 aliphatic rings. The first-order valence-electron chi connectivity index (χ1n) is 3.71. The molecule has 1 aromatic rings. The van der Waals surface area contributed by atoms with Crippen molar-refractivity contribution in [2.24, 2.45) is 5.73 Å². The summed E-state index contributed by atoms with van der Waals surface area (Å²) in [7, 11) is 0. The van der Waals surface area contributed by atoms with Crippen LogP contribution < -0.4 is 5.73 Å². The molecule has 68 valence electrons. The maximum atomic E-state index is 10.4. The standard InChI is InChI=1S/C8H9N3O2/c9-4-1-2-7-6-8(11(12)13)3-5-10-7/h1-3,5-6H,4,9H2. The first-order valence-corrected chi connectivity index (χ1v) is 3.71. The molecule has 1 rings (SSSR count). The molecular formula is C8H9N3O2. The Balaban J connectivity index is 2.92. The Hall–Kier alpha value is -1.75. The van der Waals surface area contributed by atoms with Gasteiger partial charge in [-0.25, -0.2) is 0 Å². The van der Waals surface area contributed by atoms with E-state index in [0.717, 1.165) is 0 Å². The molecule has 0 atom stereocenters. The van der Waals surface area contributed by atoms with Crippen molar-refractivity contribution in [3.8, 4) is 0 Å². The quantitative estimate of drug-likeness (QED) is 0.553. The maximum Gasteiger partial charge on any atom is 0.273 e.